The Labute approximate surface area is 238 Å². The lowest BCUT2D eigenvalue weighted by atomic mass is 9.72. The van der Waals surface area contributed by atoms with E-state index in [1.54, 1.807) is 6.08 Å². The van der Waals surface area contributed by atoms with Crippen LogP contribution in [0.25, 0.3) is 0 Å². The van der Waals surface area contributed by atoms with Gasteiger partial charge < -0.3 is 32.8 Å². The molecule has 0 spiro atoms. The zero-order chi connectivity index (χ0) is 30.6. The first-order valence-electron chi connectivity index (χ1n) is 13.2. The van der Waals surface area contributed by atoms with Crippen molar-refractivity contribution in [3.05, 3.63) is 24.0 Å². The first kappa shape index (κ1) is 32.2. The van der Waals surface area contributed by atoms with Crippen LogP contribution in [-0.4, -0.2) is 87.2 Å². The number of rotatable bonds is 9. The third-order valence-electron chi connectivity index (χ3n) is 6.34. The highest BCUT2D eigenvalue weighted by atomic mass is 28.4. The van der Waals surface area contributed by atoms with Gasteiger partial charge in [-0.05, 0) is 37.9 Å². The molecule has 0 aromatic heterocycles. The molecule has 0 aromatic carbocycles. The van der Waals surface area contributed by atoms with Gasteiger partial charge in [0, 0.05) is 40.0 Å². The van der Waals surface area contributed by atoms with Gasteiger partial charge in [0.2, 0.25) is 8.32 Å². The van der Waals surface area contributed by atoms with E-state index in [0.29, 0.717) is 5.76 Å². The van der Waals surface area contributed by atoms with Crippen molar-refractivity contribution in [2.75, 3.05) is 6.61 Å². The van der Waals surface area contributed by atoms with Gasteiger partial charge in [-0.15, -0.1) is 0 Å². The average Bonchev–Trinajstić information content (AvgIpc) is 2.82. The van der Waals surface area contributed by atoms with E-state index < -0.39 is 87.4 Å². The smallest absolute Gasteiger partial charge is 0.303 e. The van der Waals surface area contributed by atoms with Crippen LogP contribution in [0.5, 0.6) is 0 Å². The monoisotopic (exact) mass is 596 g/mol. The first-order chi connectivity index (χ1) is 19.1. The Balaban J connectivity index is 2.07. The van der Waals surface area contributed by atoms with E-state index >= 15 is 0 Å². The number of hydrogen-bond acceptors (Lipinski definition) is 13. The van der Waals surface area contributed by atoms with Gasteiger partial charge in [0.05, 0.1) is 17.8 Å². The van der Waals surface area contributed by atoms with E-state index in [9.17, 15) is 28.8 Å². The summed E-state index contributed by atoms with van der Waals surface area (Å²) in [5.41, 5.74) is 0. The number of fused-ring (bicyclic) bond motifs is 1. The van der Waals surface area contributed by atoms with E-state index in [-0.39, 0.29) is 18.0 Å². The highest BCUT2D eigenvalue weighted by Crippen LogP contribution is 2.39. The van der Waals surface area contributed by atoms with Crippen LogP contribution in [0.1, 0.15) is 34.1 Å². The highest BCUT2D eigenvalue weighted by Gasteiger charge is 2.55. The lowest BCUT2D eigenvalue weighted by Gasteiger charge is -2.46. The molecule has 2 aliphatic carbocycles. The fourth-order valence-corrected chi connectivity index (χ4v) is 5.95. The topological polar surface area (TPSA) is 167 Å². The fourth-order valence-electron chi connectivity index (χ4n) is 5.01. The zero-order valence-electron chi connectivity index (χ0n) is 24.1. The Morgan fingerprint density at radius 2 is 1.39 bits per heavy atom. The van der Waals surface area contributed by atoms with E-state index in [2.05, 4.69) is 0 Å². The lowest BCUT2D eigenvalue weighted by molar-refractivity contribution is -0.316. The van der Waals surface area contributed by atoms with Crippen LogP contribution < -0.4 is 0 Å². The molecule has 1 saturated heterocycles. The van der Waals surface area contributed by atoms with Crippen molar-refractivity contribution in [3.63, 3.8) is 0 Å². The molecule has 1 heterocycles. The molecule has 1 fully saturated rings. The summed E-state index contributed by atoms with van der Waals surface area (Å²) in [5, 5.41) is 0. The summed E-state index contributed by atoms with van der Waals surface area (Å²) >= 11 is 0. The fraction of sp³-hybridized carbons (Fsp3) is 0.630. The van der Waals surface area contributed by atoms with Crippen molar-refractivity contribution < 1.29 is 61.6 Å². The largest absolute Gasteiger partial charge is 0.547 e. The summed E-state index contributed by atoms with van der Waals surface area (Å²) in [6.45, 7) is 9.94. The summed E-state index contributed by atoms with van der Waals surface area (Å²) in [7, 11) is -2.14. The third-order valence-corrected chi connectivity index (χ3v) is 7.22. The molecule has 0 amide bonds. The first-order valence-corrected chi connectivity index (χ1v) is 16.6. The summed E-state index contributed by atoms with van der Waals surface area (Å²) in [6.07, 6.45) is -3.90. The molecule has 0 N–H and O–H groups in total. The number of carbonyl (C=O) groups is 6. The Kier molecular flexibility index (Phi) is 10.3. The molecule has 8 unspecified atom stereocenters. The third kappa shape index (κ3) is 8.56. The van der Waals surface area contributed by atoms with E-state index in [1.807, 2.05) is 19.6 Å². The van der Waals surface area contributed by atoms with Crippen molar-refractivity contribution in [1.82, 2.24) is 0 Å². The van der Waals surface area contributed by atoms with Gasteiger partial charge in [-0.25, -0.2) is 0 Å². The van der Waals surface area contributed by atoms with E-state index in [4.69, 9.17) is 32.8 Å². The predicted octanol–water partition coefficient (Wildman–Crippen LogP) is 1.53. The number of ether oxygens (including phenoxy) is 6. The minimum atomic E-state index is -2.14. The molecular weight excluding hydrogens is 560 g/mol. The van der Waals surface area contributed by atoms with Crippen LogP contribution >= 0.6 is 0 Å². The van der Waals surface area contributed by atoms with E-state index in [1.165, 1.54) is 12.2 Å². The lowest BCUT2D eigenvalue weighted by Crippen LogP contribution is -2.63. The molecule has 13 nitrogen and oxygen atoms in total. The van der Waals surface area contributed by atoms with Gasteiger partial charge in [-0.1, -0.05) is 0 Å². The Bertz CT molecular complexity index is 1140. The standard InChI is InChI=1S/C27H36O13Si/c1-13(28)34-12-22-24(35-14(2)29)25(36-15(3)30)26(37-16(4)31)27(39-22)38-21-11-17(40-41(5,6)7)10-18-19(32)8-9-20(33)23(18)21/h8-9,11,18,21-27H,10,12H2,1-7H3. The second kappa shape index (κ2) is 13.1. The Morgan fingerprint density at radius 1 is 0.829 bits per heavy atom. The predicted molar refractivity (Wildman–Crippen MR) is 140 cm³/mol. The number of allylic oxidation sites excluding steroid dienone is 3. The Morgan fingerprint density at radius 3 is 1.95 bits per heavy atom. The number of hydrogen-bond donors (Lipinski definition) is 0. The van der Waals surface area contributed by atoms with Crippen molar-refractivity contribution in [2.24, 2.45) is 11.8 Å². The minimum absolute atomic E-state index is 0.197. The molecule has 41 heavy (non-hydrogen) atoms. The van der Waals surface area contributed by atoms with Crippen molar-refractivity contribution in [2.45, 2.75) is 90.6 Å². The molecule has 0 aromatic rings. The molecule has 1 aliphatic heterocycles. The normalized spacial score (nSPS) is 31.3. The molecule has 0 saturated carbocycles. The molecule has 0 bridgehead atoms. The van der Waals surface area contributed by atoms with Crippen LogP contribution in [0.3, 0.4) is 0 Å². The van der Waals surface area contributed by atoms with Crippen LogP contribution in [0.4, 0.5) is 0 Å². The quantitative estimate of drug-likeness (QED) is 0.214. The molecule has 3 aliphatic rings. The van der Waals surface area contributed by atoms with Crippen LogP contribution in [0, 0.1) is 11.8 Å². The molecule has 226 valence electrons. The maximum atomic E-state index is 13.0. The molecule has 0 radical (unpaired) electrons. The second-order valence-electron chi connectivity index (χ2n) is 11.0. The molecule has 14 heteroatoms. The van der Waals surface area contributed by atoms with Crippen LogP contribution in [-0.2, 0) is 61.6 Å². The average molecular weight is 597 g/mol. The summed E-state index contributed by atoms with van der Waals surface area (Å²) < 4.78 is 39.8. The van der Waals surface area contributed by atoms with Gasteiger partial charge in [0.15, 0.2) is 36.2 Å². The van der Waals surface area contributed by atoms with Crippen LogP contribution in [0.2, 0.25) is 19.6 Å². The number of carbonyl (C=O) groups excluding carboxylic acids is 6. The van der Waals surface area contributed by atoms with Crippen molar-refractivity contribution >= 4 is 43.8 Å². The summed E-state index contributed by atoms with van der Waals surface area (Å²) in [4.78, 5) is 73.7. The van der Waals surface area contributed by atoms with Crippen molar-refractivity contribution in [3.8, 4) is 0 Å². The minimum Gasteiger partial charge on any atom is -0.547 e. The number of ketones is 2. The van der Waals surface area contributed by atoms with Gasteiger partial charge in [-0.2, -0.15) is 0 Å². The van der Waals surface area contributed by atoms with Gasteiger partial charge in [0.1, 0.15) is 12.7 Å². The van der Waals surface area contributed by atoms with Crippen LogP contribution in [0.15, 0.2) is 24.0 Å². The maximum Gasteiger partial charge on any atom is 0.303 e. The number of esters is 4. The zero-order valence-corrected chi connectivity index (χ0v) is 25.1. The molecular formula is C27H36O13Si. The van der Waals surface area contributed by atoms with Gasteiger partial charge >= 0.3 is 23.9 Å². The second-order valence-corrected chi connectivity index (χ2v) is 15.4. The summed E-state index contributed by atoms with van der Waals surface area (Å²) in [5.74, 6) is -4.88. The van der Waals surface area contributed by atoms with Gasteiger partial charge in [-0.3, -0.25) is 28.8 Å². The SMILES string of the molecule is CC(=O)OCC1OC(OC2C=C(O[Si](C)(C)C)CC3C(=O)C=CC(=O)C23)C(OC(C)=O)C(OC(C)=O)C1OC(C)=O. The maximum absolute atomic E-state index is 13.0. The van der Waals surface area contributed by atoms with Gasteiger partial charge in [0.25, 0.3) is 0 Å². The molecule has 8 atom stereocenters. The Hall–Kier alpha value is -3.36. The van der Waals surface area contributed by atoms with Crippen molar-refractivity contribution in [1.29, 1.82) is 0 Å². The molecule has 3 rings (SSSR count). The highest BCUT2D eigenvalue weighted by molar-refractivity contribution is 6.70. The summed E-state index contributed by atoms with van der Waals surface area (Å²) in [6, 6.07) is 0. The van der Waals surface area contributed by atoms with E-state index in [0.717, 1.165) is 27.7 Å².